The van der Waals surface area contributed by atoms with Crippen LogP contribution in [0.25, 0.3) is 0 Å². The summed E-state index contributed by atoms with van der Waals surface area (Å²) >= 11 is 0. The van der Waals surface area contributed by atoms with E-state index in [1.165, 1.54) is 0 Å². The highest BCUT2D eigenvalue weighted by atomic mass is 79.9. The Morgan fingerprint density at radius 1 is 1.00 bits per heavy atom. The Balaban J connectivity index is 0.00000380. The fourth-order valence-electron chi connectivity index (χ4n) is 5.73. The van der Waals surface area contributed by atoms with Crippen molar-refractivity contribution in [3.63, 3.8) is 0 Å². The highest BCUT2D eigenvalue weighted by Gasteiger charge is 2.51. The number of nitrogens with zero attached hydrogens (tertiary/aromatic N) is 1. The summed E-state index contributed by atoms with van der Waals surface area (Å²) in [5.41, 5.74) is -1.46. The molecule has 3 aliphatic rings. The fraction of sp³-hybridized carbons (Fsp3) is 0.517. The molecule has 1 amide bonds. The summed E-state index contributed by atoms with van der Waals surface area (Å²) in [6, 6.07) is 17.9. The molecule has 2 atom stereocenters. The second kappa shape index (κ2) is 11.5. The molecule has 0 aromatic heterocycles. The van der Waals surface area contributed by atoms with Crippen molar-refractivity contribution in [3.05, 3.63) is 71.8 Å². The lowest BCUT2D eigenvalue weighted by atomic mass is 9.82. The maximum Gasteiger partial charge on any atom is 0.408 e. The first kappa shape index (κ1) is 29.1. The lowest BCUT2D eigenvalue weighted by Crippen LogP contribution is -3.00. The molecule has 1 unspecified atom stereocenters. The van der Waals surface area contributed by atoms with Crippen LogP contribution in [0, 0.1) is 5.92 Å². The minimum Gasteiger partial charge on any atom is -1.00 e. The van der Waals surface area contributed by atoms with Gasteiger partial charge >= 0.3 is 12.1 Å². The molecule has 37 heavy (non-hydrogen) atoms. The van der Waals surface area contributed by atoms with Gasteiger partial charge in [-0.05, 0) is 38.8 Å². The van der Waals surface area contributed by atoms with Gasteiger partial charge in [0.05, 0.1) is 25.7 Å². The number of ether oxygens (including phenoxy) is 2. The molecule has 0 spiro atoms. The number of hydrogen-bond donors (Lipinski definition) is 2. The summed E-state index contributed by atoms with van der Waals surface area (Å²) in [7, 11) is 0. The van der Waals surface area contributed by atoms with Crippen LogP contribution < -0.4 is 22.3 Å². The Morgan fingerprint density at radius 3 is 2.00 bits per heavy atom. The van der Waals surface area contributed by atoms with E-state index in [4.69, 9.17) is 9.47 Å². The van der Waals surface area contributed by atoms with E-state index in [9.17, 15) is 14.7 Å². The number of carbonyl (C=O) groups is 2. The summed E-state index contributed by atoms with van der Waals surface area (Å²) in [5.74, 6) is -0.365. The number of halogens is 1. The van der Waals surface area contributed by atoms with E-state index >= 15 is 0 Å². The second-order valence-corrected chi connectivity index (χ2v) is 11.4. The molecule has 3 heterocycles. The first-order chi connectivity index (χ1) is 17.0. The largest absolute Gasteiger partial charge is 1.00 e. The predicted molar refractivity (Wildman–Crippen MR) is 137 cm³/mol. The molecule has 3 saturated heterocycles. The number of piperidine rings is 3. The lowest BCUT2D eigenvalue weighted by Gasteiger charge is -2.53. The molecule has 202 valence electrons. The topological polar surface area (TPSA) is 84.9 Å². The van der Waals surface area contributed by atoms with Crippen LogP contribution in [0.3, 0.4) is 0 Å². The lowest BCUT2D eigenvalue weighted by molar-refractivity contribution is -0.946. The van der Waals surface area contributed by atoms with Crippen LogP contribution in [0.5, 0.6) is 0 Å². The van der Waals surface area contributed by atoms with Crippen molar-refractivity contribution < 1.29 is 45.6 Å². The Hall–Kier alpha value is -2.42. The van der Waals surface area contributed by atoms with Crippen LogP contribution in [0.2, 0.25) is 0 Å². The van der Waals surface area contributed by atoms with E-state index in [0.29, 0.717) is 17.7 Å². The standard InChI is InChI=1S/C29H38N2O5.BrH/c1-21(30-27(33)36-28(2,3)4)19-31-17-15-22(16-18-31)25(20-31)35-26(32)29(34,23-11-7-5-8-12-23)24-13-9-6-10-14-24;/h5-14,21-22,25,34H,15-20H2,1-4H3;1H/t21?,22?,25-,31?;/m0./s1. The van der Waals surface area contributed by atoms with Gasteiger partial charge in [0.1, 0.15) is 12.1 Å². The molecule has 8 heteroatoms. The van der Waals surface area contributed by atoms with Gasteiger partial charge in [-0.25, -0.2) is 9.59 Å². The summed E-state index contributed by atoms with van der Waals surface area (Å²) in [4.78, 5) is 25.9. The van der Waals surface area contributed by atoms with E-state index in [1.54, 1.807) is 24.3 Å². The van der Waals surface area contributed by atoms with Crippen molar-refractivity contribution >= 4 is 12.1 Å². The average molecular weight is 576 g/mol. The van der Waals surface area contributed by atoms with Gasteiger partial charge in [-0.2, -0.15) is 0 Å². The van der Waals surface area contributed by atoms with Crippen molar-refractivity contribution in [1.29, 1.82) is 0 Å². The Kier molecular flexibility index (Phi) is 9.09. The molecule has 2 N–H and O–H groups in total. The summed E-state index contributed by atoms with van der Waals surface area (Å²) < 4.78 is 12.3. The zero-order chi connectivity index (χ0) is 26.0. The highest BCUT2D eigenvalue weighted by molar-refractivity contribution is 5.85. The maximum absolute atomic E-state index is 13.7. The number of nitrogens with one attached hydrogen (secondary N) is 1. The number of hydrogen-bond acceptors (Lipinski definition) is 5. The number of fused-ring (bicyclic) bond motifs is 3. The van der Waals surface area contributed by atoms with Crippen molar-refractivity contribution in [2.75, 3.05) is 26.2 Å². The third kappa shape index (κ3) is 6.72. The number of aliphatic hydroxyl groups is 1. The van der Waals surface area contributed by atoms with E-state index in [-0.39, 0.29) is 35.0 Å². The second-order valence-electron chi connectivity index (χ2n) is 11.4. The molecule has 7 nitrogen and oxygen atoms in total. The highest BCUT2D eigenvalue weighted by Crippen LogP contribution is 2.38. The van der Waals surface area contributed by atoms with Crippen molar-refractivity contribution in [2.24, 2.45) is 5.92 Å². The van der Waals surface area contributed by atoms with Gasteiger partial charge in [-0.15, -0.1) is 0 Å². The van der Waals surface area contributed by atoms with E-state index < -0.39 is 23.3 Å². The average Bonchev–Trinajstić information content (AvgIpc) is 2.83. The normalized spacial score (nSPS) is 23.9. The molecule has 3 aliphatic heterocycles. The van der Waals surface area contributed by atoms with Crippen LogP contribution in [0.15, 0.2) is 60.7 Å². The summed E-state index contributed by atoms with van der Waals surface area (Å²) in [6.07, 6.45) is 1.20. The number of carbonyl (C=O) groups excluding carboxylic acids is 2. The van der Waals surface area contributed by atoms with Gasteiger partial charge in [0.2, 0.25) is 5.60 Å². The van der Waals surface area contributed by atoms with E-state index in [1.807, 2.05) is 64.1 Å². The predicted octanol–water partition coefficient (Wildman–Crippen LogP) is 0.992. The fourth-order valence-corrected chi connectivity index (χ4v) is 5.73. The Labute approximate surface area is 230 Å². The minimum absolute atomic E-state index is 0. The van der Waals surface area contributed by atoms with Crippen molar-refractivity contribution in [3.8, 4) is 0 Å². The van der Waals surface area contributed by atoms with E-state index in [2.05, 4.69) is 5.32 Å². The number of quaternary nitrogens is 1. The zero-order valence-electron chi connectivity index (χ0n) is 22.2. The van der Waals surface area contributed by atoms with Gasteiger partial charge in [-0.1, -0.05) is 60.7 Å². The molecule has 2 aromatic carbocycles. The zero-order valence-corrected chi connectivity index (χ0v) is 23.7. The number of alkyl carbamates (subject to hydrolysis) is 1. The van der Waals surface area contributed by atoms with Crippen LogP contribution >= 0.6 is 0 Å². The minimum atomic E-state index is -1.88. The molecular formula is C29H39BrN2O5. The van der Waals surface area contributed by atoms with Gasteiger partial charge in [0.15, 0.2) is 6.10 Å². The smallest absolute Gasteiger partial charge is 0.408 e. The SMILES string of the molecule is CC(C[N+]12CCC(CC1)[C@@H](OC(=O)C(O)(c1ccccc1)c1ccccc1)C2)NC(=O)OC(C)(C)C.[Br-]. The molecule has 0 radical (unpaired) electrons. The number of amides is 1. The monoisotopic (exact) mass is 574 g/mol. The van der Waals surface area contributed by atoms with Crippen molar-refractivity contribution in [2.45, 2.75) is 63.9 Å². The third-order valence-electron chi connectivity index (χ3n) is 7.40. The number of benzene rings is 2. The van der Waals surface area contributed by atoms with Crippen LogP contribution in [-0.4, -0.2) is 65.6 Å². The molecule has 5 rings (SSSR count). The Morgan fingerprint density at radius 2 is 1.51 bits per heavy atom. The van der Waals surface area contributed by atoms with Crippen LogP contribution in [-0.2, 0) is 19.9 Å². The van der Waals surface area contributed by atoms with E-state index in [0.717, 1.165) is 37.0 Å². The first-order valence-electron chi connectivity index (χ1n) is 12.9. The summed E-state index contributed by atoms with van der Waals surface area (Å²) in [5, 5.41) is 14.7. The quantitative estimate of drug-likeness (QED) is 0.380. The Bertz CT molecular complexity index is 1010. The van der Waals surface area contributed by atoms with Gasteiger partial charge in [-0.3, -0.25) is 0 Å². The molecule has 2 aromatic rings. The van der Waals surface area contributed by atoms with Crippen LogP contribution in [0.4, 0.5) is 4.79 Å². The van der Waals surface area contributed by atoms with Crippen molar-refractivity contribution in [1.82, 2.24) is 5.32 Å². The number of esters is 1. The third-order valence-corrected chi connectivity index (χ3v) is 7.40. The molecule has 0 aliphatic carbocycles. The number of rotatable bonds is 7. The van der Waals surface area contributed by atoms with Gasteiger partial charge in [0.25, 0.3) is 0 Å². The molecule has 3 fully saturated rings. The molecule has 2 bridgehead atoms. The van der Waals surface area contributed by atoms with Gasteiger partial charge in [0, 0.05) is 18.8 Å². The summed E-state index contributed by atoms with van der Waals surface area (Å²) in [6.45, 7) is 10.9. The molecular weight excluding hydrogens is 536 g/mol. The van der Waals surface area contributed by atoms with Crippen LogP contribution in [0.1, 0.15) is 51.7 Å². The van der Waals surface area contributed by atoms with Gasteiger partial charge < -0.3 is 41.4 Å². The molecule has 0 saturated carbocycles. The maximum atomic E-state index is 13.7. The first-order valence-corrected chi connectivity index (χ1v) is 12.9.